The minimum Gasteiger partial charge on any atom is -0.493 e. The number of hydrogen-bond donors (Lipinski definition) is 1. The maximum Gasteiger partial charge on any atom is 0.127 e. The highest BCUT2D eigenvalue weighted by Crippen LogP contribution is 2.25. The Hall–Kier alpha value is -1.54. The molecule has 0 radical (unpaired) electrons. The van der Waals surface area contributed by atoms with E-state index in [9.17, 15) is 0 Å². The lowest BCUT2D eigenvalue weighted by Crippen LogP contribution is -2.26. The summed E-state index contributed by atoms with van der Waals surface area (Å²) in [5, 5.41) is 5.97. The van der Waals surface area contributed by atoms with Crippen LogP contribution in [-0.2, 0) is 0 Å². The zero-order valence-electron chi connectivity index (χ0n) is 13.3. The van der Waals surface area contributed by atoms with E-state index in [1.54, 1.807) is 0 Å². The van der Waals surface area contributed by atoms with Crippen molar-refractivity contribution in [1.82, 2.24) is 5.32 Å². The largest absolute Gasteiger partial charge is 0.493 e. The summed E-state index contributed by atoms with van der Waals surface area (Å²) in [6.45, 7) is 6.39. The van der Waals surface area contributed by atoms with Crippen molar-refractivity contribution in [1.29, 1.82) is 0 Å². The Bertz CT molecular complexity index is 533. The van der Waals surface area contributed by atoms with Gasteiger partial charge in [0.2, 0.25) is 0 Å². The second-order valence-corrected chi connectivity index (χ2v) is 5.68. The summed E-state index contributed by atoms with van der Waals surface area (Å²) in [6.07, 6.45) is 4.75. The van der Waals surface area contributed by atoms with Crippen LogP contribution in [0.1, 0.15) is 39.5 Å². The first-order valence-corrected chi connectivity index (χ1v) is 8.15. The molecule has 0 spiro atoms. The Balaban J connectivity index is 1.73. The Kier molecular flexibility index (Phi) is 6.55. The van der Waals surface area contributed by atoms with Crippen LogP contribution >= 0.6 is 0 Å². The summed E-state index contributed by atoms with van der Waals surface area (Å²) >= 11 is 0. The molecule has 2 heteroatoms. The second-order valence-electron chi connectivity index (χ2n) is 5.68. The maximum absolute atomic E-state index is 5.96. The predicted molar refractivity (Wildman–Crippen MR) is 91.0 cm³/mol. The van der Waals surface area contributed by atoms with Crippen molar-refractivity contribution in [3.8, 4) is 5.75 Å². The lowest BCUT2D eigenvalue weighted by Gasteiger charge is -2.13. The van der Waals surface area contributed by atoms with Crippen LogP contribution in [0.4, 0.5) is 0 Å². The van der Waals surface area contributed by atoms with Gasteiger partial charge in [0.05, 0.1) is 6.61 Å². The zero-order valence-corrected chi connectivity index (χ0v) is 13.3. The molecule has 0 saturated carbocycles. The van der Waals surface area contributed by atoms with Crippen molar-refractivity contribution in [2.75, 3.05) is 13.2 Å². The third-order valence-corrected chi connectivity index (χ3v) is 3.78. The van der Waals surface area contributed by atoms with Gasteiger partial charge in [-0.1, -0.05) is 43.3 Å². The first-order valence-electron chi connectivity index (χ1n) is 8.15. The minimum atomic E-state index is 0.613. The lowest BCUT2D eigenvalue weighted by molar-refractivity contribution is 0.305. The third kappa shape index (κ3) is 5.05. The van der Waals surface area contributed by atoms with Crippen LogP contribution in [0.25, 0.3) is 10.8 Å². The fourth-order valence-corrected chi connectivity index (χ4v) is 2.55. The zero-order chi connectivity index (χ0) is 14.9. The normalized spacial score (nSPS) is 12.5. The summed E-state index contributed by atoms with van der Waals surface area (Å²) in [5.74, 6) is 1.00. The van der Waals surface area contributed by atoms with Crippen molar-refractivity contribution in [3.05, 3.63) is 42.5 Å². The smallest absolute Gasteiger partial charge is 0.127 e. The highest BCUT2D eigenvalue weighted by molar-refractivity contribution is 5.88. The molecule has 1 N–H and O–H groups in total. The van der Waals surface area contributed by atoms with E-state index >= 15 is 0 Å². The molecule has 2 aromatic carbocycles. The first kappa shape index (κ1) is 15.8. The molecule has 0 fully saturated rings. The van der Waals surface area contributed by atoms with Crippen molar-refractivity contribution in [2.24, 2.45) is 0 Å². The molecule has 21 heavy (non-hydrogen) atoms. The fourth-order valence-electron chi connectivity index (χ4n) is 2.55. The highest BCUT2D eigenvalue weighted by atomic mass is 16.5. The van der Waals surface area contributed by atoms with E-state index in [0.29, 0.717) is 6.04 Å². The molecular formula is C19H27NO. The average molecular weight is 285 g/mol. The third-order valence-electron chi connectivity index (χ3n) is 3.78. The Morgan fingerprint density at radius 1 is 1.05 bits per heavy atom. The number of fused-ring (bicyclic) bond motifs is 1. The van der Waals surface area contributed by atoms with Crippen LogP contribution in [0.2, 0.25) is 0 Å². The molecule has 2 nitrogen and oxygen atoms in total. The van der Waals surface area contributed by atoms with Crippen LogP contribution in [-0.4, -0.2) is 19.2 Å². The highest BCUT2D eigenvalue weighted by Gasteiger charge is 2.02. The van der Waals surface area contributed by atoms with E-state index in [1.165, 1.54) is 30.0 Å². The summed E-state index contributed by atoms with van der Waals surface area (Å²) < 4.78 is 5.96. The molecular weight excluding hydrogens is 258 g/mol. The molecule has 1 unspecified atom stereocenters. The quantitative estimate of drug-likeness (QED) is 0.670. The maximum atomic E-state index is 5.96. The van der Waals surface area contributed by atoms with Gasteiger partial charge in [-0.05, 0) is 50.6 Å². The van der Waals surface area contributed by atoms with Gasteiger partial charge < -0.3 is 10.1 Å². The van der Waals surface area contributed by atoms with Gasteiger partial charge in [-0.2, -0.15) is 0 Å². The second kappa shape index (κ2) is 8.68. The number of hydrogen-bond acceptors (Lipinski definition) is 2. The number of nitrogens with one attached hydrogen (secondary N) is 1. The molecule has 2 rings (SSSR count). The molecule has 1 atom stereocenters. The average Bonchev–Trinajstić information content (AvgIpc) is 2.52. The minimum absolute atomic E-state index is 0.613. The van der Waals surface area contributed by atoms with Crippen molar-refractivity contribution in [2.45, 2.75) is 45.6 Å². The summed E-state index contributed by atoms with van der Waals surface area (Å²) in [5.41, 5.74) is 0. The molecule has 0 amide bonds. The SMILES string of the molecule is CCCNC(C)CCCCOc1cccc2ccccc12. The van der Waals surface area contributed by atoms with Crippen molar-refractivity contribution in [3.63, 3.8) is 0 Å². The number of rotatable bonds is 9. The standard InChI is InChI=1S/C19H27NO/c1-3-14-20-16(2)9-6-7-15-21-19-13-8-11-17-10-4-5-12-18(17)19/h4-5,8,10-13,16,20H,3,6-7,9,14-15H2,1-2H3. The summed E-state index contributed by atoms with van der Waals surface area (Å²) in [4.78, 5) is 0. The van der Waals surface area contributed by atoms with E-state index in [0.717, 1.165) is 25.3 Å². The molecule has 0 aliphatic rings. The molecule has 0 saturated heterocycles. The molecule has 2 aromatic rings. The Labute approximate surface area is 128 Å². The Morgan fingerprint density at radius 3 is 2.71 bits per heavy atom. The van der Waals surface area contributed by atoms with Gasteiger partial charge in [0.15, 0.2) is 0 Å². The summed E-state index contributed by atoms with van der Waals surface area (Å²) in [7, 11) is 0. The Morgan fingerprint density at radius 2 is 1.86 bits per heavy atom. The van der Waals surface area contributed by atoms with Crippen LogP contribution in [0, 0.1) is 0 Å². The molecule has 114 valence electrons. The van der Waals surface area contributed by atoms with Crippen LogP contribution in [0.3, 0.4) is 0 Å². The van der Waals surface area contributed by atoms with Gasteiger partial charge in [-0.25, -0.2) is 0 Å². The number of benzene rings is 2. The predicted octanol–water partition coefficient (Wildman–Crippen LogP) is 4.78. The van der Waals surface area contributed by atoms with E-state index in [-0.39, 0.29) is 0 Å². The first-order chi connectivity index (χ1) is 10.3. The lowest BCUT2D eigenvalue weighted by atomic mass is 10.1. The number of unbranched alkanes of at least 4 members (excludes halogenated alkanes) is 1. The monoisotopic (exact) mass is 285 g/mol. The van der Waals surface area contributed by atoms with Gasteiger partial charge in [0, 0.05) is 11.4 Å². The van der Waals surface area contributed by atoms with Gasteiger partial charge in [0.1, 0.15) is 5.75 Å². The molecule has 0 aliphatic heterocycles. The molecule has 0 aliphatic carbocycles. The number of ether oxygens (including phenoxy) is 1. The van der Waals surface area contributed by atoms with E-state index in [2.05, 4.69) is 61.6 Å². The molecule has 0 aromatic heterocycles. The molecule has 0 heterocycles. The summed E-state index contributed by atoms with van der Waals surface area (Å²) in [6, 6.07) is 15.3. The van der Waals surface area contributed by atoms with Gasteiger partial charge in [-0.3, -0.25) is 0 Å². The van der Waals surface area contributed by atoms with Gasteiger partial charge >= 0.3 is 0 Å². The van der Waals surface area contributed by atoms with Crippen LogP contribution in [0.5, 0.6) is 5.75 Å². The van der Waals surface area contributed by atoms with E-state index in [4.69, 9.17) is 4.74 Å². The van der Waals surface area contributed by atoms with Crippen LogP contribution in [0.15, 0.2) is 42.5 Å². The van der Waals surface area contributed by atoms with Crippen molar-refractivity contribution < 1.29 is 4.74 Å². The van der Waals surface area contributed by atoms with Crippen LogP contribution < -0.4 is 10.1 Å². The van der Waals surface area contributed by atoms with Crippen molar-refractivity contribution >= 4 is 10.8 Å². The van der Waals surface area contributed by atoms with E-state index in [1.807, 2.05) is 0 Å². The molecule has 0 bridgehead atoms. The fraction of sp³-hybridized carbons (Fsp3) is 0.474. The van der Waals surface area contributed by atoms with Gasteiger partial charge in [0.25, 0.3) is 0 Å². The van der Waals surface area contributed by atoms with Gasteiger partial charge in [-0.15, -0.1) is 0 Å². The van der Waals surface area contributed by atoms with E-state index < -0.39 is 0 Å². The topological polar surface area (TPSA) is 21.3 Å².